The fourth-order valence-corrected chi connectivity index (χ4v) is 3.47. The first-order chi connectivity index (χ1) is 9.70. The van der Waals surface area contributed by atoms with Crippen LogP contribution in [0.15, 0.2) is 4.47 Å². The summed E-state index contributed by atoms with van der Waals surface area (Å²) in [6, 6.07) is 0.486. The summed E-state index contributed by atoms with van der Waals surface area (Å²) >= 11 is 3.54. The van der Waals surface area contributed by atoms with E-state index in [4.69, 9.17) is 5.73 Å². The lowest BCUT2D eigenvalue weighted by Gasteiger charge is -2.19. The number of anilines is 1. The number of hydrogen-bond donors (Lipinski definition) is 1. The summed E-state index contributed by atoms with van der Waals surface area (Å²) in [5.41, 5.74) is 7.21. The van der Waals surface area contributed by atoms with Gasteiger partial charge in [-0.2, -0.15) is 5.10 Å². The van der Waals surface area contributed by atoms with E-state index < -0.39 is 0 Å². The standard InChI is InChI=1S/C16H28BrN3/c1-13-15(17)16(18)20(19-13)14-11-9-7-5-3-2-4-6-8-10-12-14/h14H,2-12,18H2,1H3. The van der Waals surface area contributed by atoms with Crippen molar-refractivity contribution in [3.8, 4) is 0 Å². The van der Waals surface area contributed by atoms with E-state index in [-0.39, 0.29) is 0 Å². The van der Waals surface area contributed by atoms with Crippen LogP contribution in [-0.2, 0) is 0 Å². The number of rotatable bonds is 1. The first kappa shape index (κ1) is 15.9. The predicted molar refractivity (Wildman–Crippen MR) is 88.9 cm³/mol. The number of nitrogens with zero attached hydrogens (tertiary/aromatic N) is 2. The molecule has 2 rings (SSSR count). The maximum atomic E-state index is 6.20. The minimum atomic E-state index is 0.486. The summed E-state index contributed by atoms with van der Waals surface area (Å²) in [7, 11) is 0. The summed E-state index contributed by atoms with van der Waals surface area (Å²) in [4.78, 5) is 0. The van der Waals surface area contributed by atoms with Crippen molar-refractivity contribution < 1.29 is 0 Å². The summed E-state index contributed by atoms with van der Waals surface area (Å²) in [5.74, 6) is 0.805. The number of hydrogen-bond acceptors (Lipinski definition) is 2. The molecule has 1 heterocycles. The quantitative estimate of drug-likeness (QED) is 0.744. The van der Waals surface area contributed by atoms with Crippen molar-refractivity contribution in [1.82, 2.24) is 9.78 Å². The van der Waals surface area contributed by atoms with E-state index in [1.54, 1.807) is 0 Å². The number of halogens is 1. The Morgan fingerprint density at radius 2 is 1.40 bits per heavy atom. The van der Waals surface area contributed by atoms with Crippen molar-refractivity contribution in [2.75, 3.05) is 5.73 Å². The third-order valence-corrected chi connectivity index (χ3v) is 5.45. The van der Waals surface area contributed by atoms with E-state index in [0.717, 1.165) is 16.0 Å². The molecule has 0 spiro atoms. The van der Waals surface area contributed by atoms with Crippen LogP contribution in [0, 0.1) is 6.92 Å². The minimum Gasteiger partial charge on any atom is -0.383 e. The Labute approximate surface area is 131 Å². The van der Waals surface area contributed by atoms with Gasteiger partial charge in [0.25, 0.3) is 0 Å². The fraction of sp³-hybridized carbons (Fsp3) is 0.812. The molecule has 1 aromatic heterocycles. The van der Waals surface area contributed by atoms with Gasteiger partial charge in [-0.1, -0.05) is 57.8 Å². The van der Waals surface area contributed by atoms with Crippen molar-refractivity contribution >= 4 is 21.7 Å². The predicted octanol–water partition coefficient (Wildman–Crippen LogP) is 5.38. The average Bonchev–Trinajstić information content (AvgIpc) is 2.67. The second-order valence-electron chi connectivity index (χ2n) is 6.14. The van der Waals surface area contributed by atoms with Gasteiger partial charge in [-0.15, -0.1) is 0 Å². The number of aromatic nitrogens is 2. The zero-order valence-electron chi connectivity index (χ0n) is 12.7. The van der Waals surface area contributed by atoms with Gasteiger partial charge in [0.05, 0.1) is 16.2 Å². The number of nitrogens with two attached hydrogens (primary N) is 1. The molecule has 0 aromatic carbocycles. The van der Waals surface area contributed by atoms with Gasteiger partial charge in [0.15, 0.2) is 0 Å². The largest absolute Gasteiger partial charge is 0.383 e. The molecule has 1 fully saturated rings. The Kier molecular flexibility index (Phi) is 6.40. The highest BCUT2D eigenvalue weighted by Crippen LogP contribution is 2.31. The van der Waals surface area contributed by atoms with Crippen molar-refractivity contribution in [2.45, 2.75) is 83.6 Å². The highest BCUT2D eigenvalue weighted by molar-refractivity contribution is 9.10. The van der Waals surface area contributed by atoms with Crippen molar-refractivity contribution in [2.24, 2.45) is 0 Å². The number of nitrogen functional groups attached to an aromatic ring is 1. The Balaban J connectivity index is 2.03. The van der Waals surface area contributed by atoms with E-state index in [1.165, 1.54) is 70.6 Å². The molecular weight excluding hydrogens is 314 g/mol. The molecule has 20 heavy (non-hydrogen) atoms. The van der Waals surface area contributed by atoms with Gasteiger partial charge in [-0.3, -0.25) is 0 Å². The molecule has 1 aliphatic rings. The molecule has 0 radical (unpaired) electrons. The van der Waals surface area contributed by atoms with Crippen LogP contribution in [-0.4, -0.2) is 9.78 Å². The molecule has 0 saturated heterocycles. The van der Waals surface area contributed by atoms with Gasteiger partial charge in [-0.05, 0) is 35.7 Å². The lowest BCUT2D eigenvalue weighted by atomic mass is 9.98. The Morgan fingerprint density at radius 1 is 0.950 bits per heavy atom. The maximum Gasteiger partial charge on any atom is 0.136 e. The molecule has 0 atom stereocenters. The van der Waals surface area contributed by atoms with E-state index in [0.29, 0.717) is 6.04 Å². The van der Waals surface area contributed by atoms with Crippen LogP contribution in [0.25, 0.3) is 0 Å². The van der Waals surface area contributed by atoms with Crippen LogP contribution in [0.5, 0.6) is 0 Å². The van der Waals surface area contributed by atoms with Crippen LogP contribution in [0.1, 0.15) is 82.4 Å². The van der Waals surface area contributed by atoms with Gasteiger partial charge in [0.2, 0.25) is 0 Å². The Hall–Kier alpha value is -0.510. The maximum absolute atomic E-state index is 6.20. The van der Waals surface area contributed by atoms with Crippen LogP contribution in [0.3, 0.4) is 0 Å². The van der Waals surface area contributed by atoms with Gasteiger partial charge in [0, 0.05) is 0 Å². The van der Waals surface area contributed by atoms with Crippen molar-refractivity contribution in [3.63, 3.8) is 0 Å². The highest BCUT2D eigenvalue weighted by atomic mass is 79.9. The van der Waals surface area contributed by atoms with E-state index in [9.17, 15) is 0 Å². The minimum absolute atomic E-state index is 0.486. The molecule has 4 heteroatoms. The molecule has 0 unspecified atom stereocenters. The van der Waals surface area contributed by atoms with Crippen molar-refractivity contribution in [1.29, 1.82) is 0 Å². The topological polar surface area (TPSA) is 43.8 Å². The second-order valence-corrected chi connectivity index (χ2v) is 6.94. The molecule has 2 N–H and O–H groups in total. The van der Waals surface area contributed by atoms with Crippen LogP contribution < -0.4 is 5.73 Å². The summed E-state index contributed by atoms with van der Waals surface area (Å²) in [5, 5.41) is 4.65. The van der Waals surface area contributed by atoms with Crippen LogP contribution >= 0.6 is 15.9 Å². The van der Waals surface area contributed by atoms with Crippen LogP contribution in [0.2, 0.25) is 0 Å². The Bertz CT molecular complexity index is 402. The summed E-state index contributed by atoms with van der Waals surface area (Å²) in [6.45, 7) is 2.02. The molecule has 1 aromatic rings. The van der Waals surface area contributed by atoms with E-state index in [1.807, 2.05) is 6.92 Å². The third kappa shape index (κ3) is 4.24. The SMILES string of the molecule is Cc1nn(C2CCCCCCCCCCC2)c(N)c1Br. The highest BCUT2D eigenvalue weighted by Gasteiger charge is 2.18. The molecule has 0 bridgehead atoms. The molecule has 1 saturated carbocycles. The molecule has 0 amide bonds. The first-order valence-electron chi connectivity index (χ1n) is 8.20. The molecule has 114 valence electrons. The zero-order chi connectivity index (χ0) is 14.4. The molecule has 1 aliphatic carbocycles. The number of aryl methyl sites for hydroxylation is 1. The second kappa shape index (κ2) is 8.06. The third-order valence-electron chi connectivity index (χ3n) is 4.47. The average molecular weight is 342 g/mol. The first-order valence-corrected chi connectivity index (χ1v) is 8.99. The lowest BCUT2D eigenvalue weighted by molar-refractivity contribution is 0.364. The molecule has 3 nitrogen and oxygen atoms in total. The lowest BCUT2D eigenvalue weighted by Crippen LogP contribution is -2.14. The smallest absolute Gasteiger partial charge is 0.136 e. The summed E-state index contributed by atoms with van der Waals surface area (Å²) in [6.07, 6.45) is 14.8. The van der Waals surface area contributed by atoms with Gasteiger partial charge < -0.3 is 5.73 Å². The molecular formula is C16H28BrN3. The fourth-order valence-electron chi connectivity index (χ4n) is 3.21. The van der Waals surface area contributed by atoms with Crippen molar-refractivity contribution in [3.05, 3.63) is 10.2 Å². The van der Waals surface area contributed by atoms with Crippen LogP contribution in [0.4, 0.5) is 5.82 Å². The monoisotopic (exact) mass is 341 g/mol. The van der Waals surface area contributed by atoms with Gasteiger partial charge in [0.1, 0.15) is 5.82 Å². The summed E-state index contributed by atoms with van der Waals surface area (Å²) < 4.78 is 3.05. The van der Waals surface area contributed by atoms with E-state index in [2.05, 4.69) is 25.7 Å². The van der Waals surface area contributed by atoms with Gasteiger partial charge in [-0.25, -0.2) is 4.68 Å². The normalized spacial score (nSPS) is 20.3. The van der Waals surface area contributed by atoms with E-state index >= 15 is 0 Å². The molecule has 0 aliphatic heterocycles. The van der Waals surface area contributed by atoms with Gasteiger partial charge >= 0.3 is 0 Å². The Morgan fingerprint density at radius 3 is 1.80 bits per heavy atom. The zero-order valence-corrected chi connectivity index (χ0v) is 14.3.